The highest BCUT2D eigenvalue weighted by Gasteiger charge is 2.37. The van der Waals surface area contributed by atoms with E-state index in [9.17, 15) is 9.59 Å². The average Bonchev–Trinajstić information content (AvgIpc) is 3.99. The first kappa shape index (κ1) is 43.7. The number of aromatic nitrogens is 8. The number of nitrogens with one attached hydrogen (secondary N) is 2. The standard InChI is InChI=1S/C49H47Cl2N13O3/c1-30-23-34(13-15-37(30)56-48-54-25-35(50)44(58-48)39-27-52-42-10-4-6-17-63(39)42)60-19-21-61(22-20-60)46(31(2)65)47(66)62-16-8-9-33(29-62)32-12-14-38(41(24-32)67-3)57-49-55-26-36(51)45(59-49)40-28-53-43-11-5-7-18-64(40)43/h4-7,10-15,17-18,23-28,33,46H,8-9,16,19-22,29H2,1-3H3,(H,54,56,58)(H,55,57,59). The first-order chi connectivity index (χ1) is 32.6. The first-order valence-electron chi connectivity index (χ1n) is 22.1. The number of carbonyl (C=O) groups excluding carboxylic acids is 2. The van der Waals surface area contributed by atoms with Crippen molar-refractivity contribution in [3.8, 4) is 28.5 Å². The zero-order valence-electron chi connectivity index (χ0n) is 37.1. The molecule has 2 aliphatic rings. The van der Waals surface area contributed by atoms with E-state index in [-0.39, 0.29) is 17.6 Å². The third-order valence-corrected chi connectivity index (χ3v) is 13.2. The molecule has 6 aromatic heterocycles. The Morgan fingerprint density at radius 3 is 1.94 bits per heavy atom. The van der Waals surface area contributed by atoms with Crippen molar-refractivity contribution in [3.05, 3.63) is 131 Å². The molecule has 16 nitrogen and oxygen atoms in total. The molecule has 0 bridgehead atoms. The molecule has 2 N–H and O–H groups in total. The minimum absolute atomic E-state index is 0.0600. The first-order valence-corrected chi connectivity index (χ1v) is 22.9. The molecule has 8 aromatic rings. The highest BCUT2D eigenvalue weighted by Crippen LogP contribution is 2.36. The minimum Gasteiger partial charge on any atom is -0.495 e. The number of amides is 1. The molecule has 8 heterocycles. The van der Waals surface area contributed by atoms with Gasteiger partial charge in [0.2, 0.25) is 17.8 Å². The minimum atomic E-state index is -0.843. The van der Waals surface area contributed by atoms with Gasteiger partial charge in [-0.15, -0.1) is 0 Å². The highest BCUT2D eigenvalue weighted by molar-refractivity contribution is 6.33. The van der Waals surface area contributed by atoms with Gasteiger partial charge in [0.15, 0.2) is 5.78 Å². The summed E-state index contributed by atoms with van der Waals surface area (Å²) in [6.45, 7) is 7.14. The quantitative estimate of drug-likeness (QED) is 0.112. The third kappa shape index (κ3) is 8.82. The lowest BCUT2D eigenvalue weighted by Crippen LogP contribution is -2.59. The van der Waals surface area contributed by atoms with Crippen LogP contribution in [0, 0.1) is 6.92 Å². The number of halogens is 2. The molecule has 2 aliphatic heterocycles. The number of ether oxygens (including phenoxy) is 1. The maximum Gasteiger partial charge on any atom is 0.247 e. The van der Waals surface area contributed by atoms with E-state index >= 15 is 0 Å². The Kier molecular flexibility index (Phi) is 12.2. The number of piperidine rings is 1. The second kappa shape index (κ2) is 18.6. The summed E-state index contributed by atoms with van der Waals surface area (Å²) in [5, 5.41) is 7.49. The molecular formula is C49H47Cl2N13O3. The SMILES string of the molecule is COc1cc(C2CCCN(C(=O)C(C(C)=O)N3CCN(c4ccc(Nc5ncc(Cl)c(-c6cnc7ccccn67)n5)c(C)c4)CC3)C2)ccc1Nc1ncc(Cl)c(-c2cnc3ccccn23)n1. The van der Waals surface area contributed by atoms with Crippen molar-refractivity contribution in [1.29, 1.82) is 0 Å². The summed E-state index contributed by atoms with van der Waals surface area (Å²) in [5.41, 5.74) is 8.87. The van der Waals surface area contributed by atoms with Crippen LogP contribution in [-0.2, 0) is 9.59 Å². The van der Waals surface area contributed by atoms with Crippen LogP contribution in [0.1, 0.15) is 36.8 Å². The van der Waals surface area contributed by atoms with E-state index in [2.05, 4.69) is 47.6 Å². The van der Waals surface area contributed by atoms with Gasteiger partial charge in [-0.3, -0.25) is 23.3 Å². The van der Waals surface area contributed by atoms with E-state index in [1.807, 2.05) is 98.6 Å². The van der Waals surface area contributed by atoms with Gasteiger partial charge >= 0.3 is 0 Å². The van der Waals surface area contributed by atoms with Gasteiger partial charge in [0.1, 0.15) is 34.5 Å². The van der Waals surface area contributed by atoms with Crippen molar-refractivity contribution in [3.63, 3.8) is 0 Å². The van der Waals surface area contributed by atoms with Crippen LogP contribution in [0.5, 0.6) is 5.75 Å². The van der Waals surface area contributed by atoms with Gasteiger partial charge in [0.25, 0.3) is 0 Å². The van der Waals surface area contributed by atoms with Crippen molar-refractivity contribution >= 4 is 75.1 Å². The number of nitrogens with zero attached hydrogens (tertiary/aromatic N) is 11. The lowest BCUT2D eigenvalue weighted by atomic mass is 9.89. The van der Waals surface area contributed by atoms with Crippen molar-refractivity contribution in [1.82, 2.24) is 48.5 Å². The van der Waals surface area contributed by atoms with Crippen LogP contribution in [0.25, 0.3) is 34.1 Å². The fraction of sp³-hybridized carbons (Fsp3) is 0.265. The highest BCUT2D eigenvalue weighted by atomic mass is 35.5. The zero-order valence-corrected chi connectivity index (χ0v) is 38.6. The van der Waals surface area contributed by atoms with Crippen LogP contribution in [0.15, 0.2) is 110 Å². The fourth-order valence-electron chi connectivity index (χ4n) is 9.17. The van der Waals surface area contributed by atoms with Gasteiger partial charge < -0.3 is 25.2 Å². The van der Waals surface area contributed by atoms with E-state index in [0.717, 1.165) is 58.0 Å². The lowest BCUT2D eigenvalue weighted by Gasteiger charge is -2.41. The van der Waals surface area contributed by atoms with E-state index in [4.69, 9.17) is 37.9 Å². The summed E-state index contributed by atoms with van der Waals surface area (Å²) in [5.74, 6) is 1.15. The predicted octanol–water partition coefficient (Wildman–Crippen LogP) is 8.49. The monoisotopic (exact) mass is 935 g/mol. The Hall–Kier alpha value is -7.14. The summed E-state index contributed by atoms with van der Waals surface area (Å²) < 4.78 is 9.72. The molecule has 0 spiro atoms. The number of anilines is 5. The van der Waals surface area contributed by atoms with E-state index in [0.29, 0.717) is 84.0 Å². The lowest BCUT2D eigenvalue weighted by molar-refractivity contribution is -0.143. The molecular weight excluding hydrogens is 890 g/mol. The summed E-state index contributed by atoms with van der Waals surface area (Å²) in [7, 11) is 1.62. The molecule has 10 rings (SSSR count). The van der Waals surface area contributed by atoms with E-state index < -0.39 is 6.04 Å². The van der Waals surface area contributed by atoms with Gasteiger partial charge in [-0.2, -0.15) is 0 Å². The number of benzene rings is 2. The number of hydrogen-bond acceptors (Lipinski definition) is 13. The topological polar surface area (TPSA) is 163 Å². The number of methoxy groups -OCH3 is 1. The number of aryl methyl sites for hydroxylation is 1. The number of pyridine rings is 2. The van der Waals surface area contributed by atoms with Crippen molar-refractivity contribution in [2.45, 2.75) is 38.6 Å². The Balaban J connectivity index is 0.772. The summed E-state index contributed by atoms with van der Waals surface area (Å²) in [6, 6.07) is 22.9. The number of carbonyl (C=O) groups is 2. The van der Waals surface area contributed by atoms with Gasteiger partial charge in [-0.25, -0.2) is 29.9 Å². The van der Waals surface area contributed by atoms with Crippen LogP contribution < -0.4 is 20.3 Å². The third-order valence-electron chi connectivity index (χ3n) is 12.6. The maximum atomic E-state index is 14.3. The molecule has 340 valence electrons. The van der Waals surface area contributed by atoms with Crippen LogP contribution in [-0.4, -0.2) is 113 Å². The summed E-state index contributed by atoms with van der Waals surface area (Å²) in [4.78, 5) is 61.1. The molecule has 67 heavy (non-hydrogen) atoms. The number of fused-ring (bicyclic) bond motifs is 2. The smallest absolute Gasteiger partial charge is 0.247 e. The van der Waals surface area contributed by atoms with E-state index in [1.165, 1.54) is 6.92 Å². The maximum absolute atomic E-state index is 14.3. The summed E-state index contributed by atoms with van der Waals surface area (Å²) >= 11 is 13.1. The van der Waals surface area contributed by atoms with Gasteiger partial charge in [-0.1, -0.05) is 41.4 Å². The molecule has 2 atom stereocenters. The molecule has 0 saturated carbocycles. The molecule has 0 radical (unpaired) electrons. The number of imidazole rings is 2. The zero-order chi connectivity index (χ0) is 46.2. The number of likely N-dealkylation sites (tertiary alicyclic amines) is 1. The Bertz CT molecular complexity index is 3150. The average molecular weight is 937 g/mol. The predicted molar refractivity (Wildman–Crippen MR) is 260 cm³/mol. The van der Waals surface area contributed by atoms with Crippen LogP contribution in [0.3, 0.4) is 0 Å². The molecule has 2 saturated heterocycles. The molecule has 1 amide bonds. The number of piperazine rings is 1. The number of Topliss-reactive ketones (excluding diaryl/α,β-unsaturated/α-hetero) is 1. The summed E-state index contributed by atoms with van der Waals surface area (Å²) in [6.07, 6.45) is 12.2. The van der Waals surface area contributed by atoms with Gasteiger partial charge in [0, 0.05) is 69.0 Å². The fourth-order valence-corrected chi connectivity index (χ4v) is 9.54. The Morgan fingerprint density at radius 1 is 0.731 bits per heavy atom. The largest absolute Gasteiger partial charge is 0.495 e. The van der Waals surface area contributed by atoms with E-state index in [1.54, 1.807) is 31.9 Å². The Morgan fingerprint density at radius 2 is 1.34 bits per heavy atom. The molecule has 18 heteroatoms. The van der Waals surface area contributed by atoms with Crippen LogP contribution in [0.4, 0.5) is 29.0 Å². The van der Waals surface area contributed by atoms with Crippen LogP contribution >= 0.6 is 23.2 Å². The second-order valence-corrected chi connectivity index (χ2v) is 17.6. The molecule has 2 aromatic carbocycles. The molecule has 2 unspecified atom stereocenters. The number of ketones is 1. The van der Waals surface area contributed by atoms with Crippen molar-refractivity contribution < 1.29 is 14.3 Å². The van der Waals surface area contributed by atoms with Crippen molar-refractivity contribution in [2.24, 2.45) is 0 Å². The molecule has 0 aliphatic carbocycles. The number of rotatable bonds is 12. The van der Waals surface area contributed by atoms with Gasteiger partial charge in [-0.05, 0) is 92.4 Å². The molecule has 2 fully saturated rings. The second-order valence-electron chi connectivity index (χ2n) is 16.8. The van der Waals surface area contributed by atoms with Crippen molar-refractivity contribution in [2.75, 3.05) is 61.9 Å². The number of hydrogen-bond donors (Lipinski definition) is 2. The van der Waals surface area contributed by atoms with Crippen LogP contribution in [0.2, 0.25) is 10.0 Å². The Labute approximate surface area is 396 Å². The van der Waals surface area contributed by atoms with Gasteiger partial charge in [0.05, 0.1) is 59.0 Å². The normalized spacial score (nSPS) is 16.0.